The van der Waals surface area contributed by atoms with E-state index in [2.05, 4.69) is 10.3 Å². The lowest BCUT2D eigenvalue weighted by atomic mass is 10.1. The zero-order valence-electron chi connectivity index (χ0n) is 19.3. The van der Waals surface area contributed by atoms with Crippen molar-refractivity contribution in [3.63, 3.8) is 0 Å². The van der Waals surface area contributed by atoms with Crippen LogP contribution in [0.1, 0.15) is 16.7 Å². The van der Waals surface area contributed by atoms with Crippen LogP contribution in [0, 0.1) is 0 Å². The minimum atomic E-state index is -4.37. The first-order valence-corrected chi connectivity index (χ1v) is 12.1. The number of hydrogen-bond acceptors (Lipinski definition) is 6. The van der Waals surface area contributed by atoms with Gasteiger partial charge in [0.2, 0.25) is 0 Å². The van der Waals surface area contributed by atoms with E-state index < -0.39 is 11.7 Å². The van der Waals surface area contributed by atoms with Crippen LogP contribution >= 0.6 is 11.3 Å². The molecule has 1 N–H and O–H groups in total. The molecule has 184 valence electrons. The SMILES string of the molecule is COc1ccc(CCNc2nc(-c3cccs3)nc3c2ncn3Cc2ccc(C(F)(F)F)cc2)cc1. The maximum absolute atomic E-state index is 12.9. The van der Waals surface area contributed by atoms with Gasteiger partial charge in [0.15, 0.2) is 17.3 Å². The van der Waals surface area contributed by atoms with Gasteiger partial charge < -0.3 is 14.6 Å². The molecule has 0 bridgehead atoms. The molecule has 0 saturated heterocycles. The summed E-state index contributed by atoms with van der Waals surface area (Å²) in [6.07, 6.45) is -1.95. The molecule has 3 heterocycles. The summed E-state index contributed by atoms with van der Waals surface area (Å²) < 4.78 is 45.8. The molecule has 3 aromatic heterocycles. The van der Waals surface area contributed by atoms with Crippen LogP contribution in [0.15, 0.2) is 72.4 Å². The van der Waals surface area contributed by atoms with Gasteiger partial charge in [-0.2, -0.15) is 13.2 Å². The predicted molar refractivity (Wildman–Crippen MR) is 134 cm³/mol. The molecule has 0 saturated carbocycles. The van der Waals surface area contributed by atoms with Gasteiger partial charge in [-0.3, -0.25) is 0 Å². The monoisotopic (exact) mass is 509 g/mol. The van der Waals surface area contributed by atoms with E-state index in [1.54, 1.807) is 13.4 Å². The number of halogens is 3. The lowest BCUT2D eigenvalue weighted by molar-refractivity contribution is -0.137. The smallest absolute Gasteiger partial charge is 0.416 e. The van der Waals surface area contributed by atoms with Crippen LogP contribution in [0.4, 0.5) is 19.0 Å². The Hall–Kier alpha value is -3.92. The number of imidazole rings is 1. The summed E-state index contributed by atoms with van der Waals surface area (Å²) >= 11 is 1.53. The number of benzene rings is 2. The molecule has 0 aliphatic heterocycles. The van der Waals surface area contributed by atoms with E-state index in [-0.39, 0.29) is 0 Å². The first-order valence-electron chi connectivity index (χ1n) is 11.2. The third-order valence-electron chi connectivity index (χ3n) is 5.70. The van der Waals surface area contributed by atoms with Crippen molar-refractivity contribution in [1.82, 2.24) is 19.5 Å². The van der Waals surface area contributed by atoms with Gasteiger partial charge in [0, 0.05) is 6.54 Å². The molecule has 10 heteroatoms. The van der Waals surface area contributed by atoms with Gasteiger partial charge in [0.1, 0.15) is 11.3 Å². The number of nitrogens with zero attached hydrogens (tertiary/aromatic N) is 4. The number of ether oxygens (including phenoxy) is 1. The van der Waals surface area contributed by atoms with Crippen LogP contribution in [-0.2, 0) is 19.1 Å². The van der Waals surface area contributed by atoms with Gasteiger partial charge in [-0.05, 0) is 53.3 Å². The molecule has 0 aliphatic rings. The van der Waals surface area contributed by atoms with E-state index in [0.29, 0.717) is 41.5 Å². The highest BCUT2D eigenvalue weighted by molar-refractivity contribution is 7.13. The molecule has 6 nitrogen and oxygen atoms in total. The van der Waals surface area contributed by atoms with Crippen molar-refractivity contribution in [1.29, 1.82) is 0 Å². The second kappa shape index (κ2) is 9.98. The average molecular weight is 510 g/mol. The number of thiophene rings is 1. The summed E-state index contributed by atoms with van der Waals surface area (Å²) in [5, 5.41) is 5.35. The molecule has 0 atom stereocenters. The number of anilines is 1. The van der Waals surface area contributed by atoms with E-state index in [0.717, 1.165) is 34.7 Å². The van der Waals surface area contributed by atoms with Gasteiger partial charge in [0.05, 0.1) is 30.4 Å². The zero-order valence-corrected chi connectivity index (χ0v) is 20.1. The Morgan fingerprint density at radius 3 is 2.39 bits per heavy atom. The van der Waals surface area contributed by atoms with Crippen molar-refractivity contribution in [2.75, 3.05) is 19.0 Å². The van der Waals surface area contributed by atoms with Gasteiger partial charge >= 0.3 is 6.18 Å². The predicted octanol–water partition coefficient (Wildman–Crippen LogP) is 6.29. The van der Waals surface area contributed by atoms with E-state index in [1.165, 1.54) is 23.5 Å². The standard InChI is InChI=1S/C26H22F3N5OS/c1-35-20-10-6-17(7-11-20)12-13-30-24-22-25(33-23(32-24)21-3-2-14-36-21)34(16-31-22)15-18-4-8-19(9-5-18)26(27,28)29/h2-11,14,16H,12-13,15H2,1H3,(H,30,32,33). The summed E-state index contributed by atoms with van der Waals surface area (Å²) in [7, 11) is 1.64. The van der Waals surface area contributed by atoms with Crippen molar-refractivity contribution >= 4 is 28.3 Å². The van der Waals surface area contributed by atoms with Crippen LogP contribution in [-0.4, -0.2) is 33.2 Å². The molecule has 2 aromatic carbocycles. The van der Waals surface area contributed by atoms with Crippen LogP contribution in [0.25, 0.3) is 21.9 Å². The Kier molecular flexibility index (Phi) is 6.60. The normalized spacial score (nSPS) is 11.7. The maximum Gasteiger partial charge on any atom is 0.416 e. The van der Waals surface area contributed by atoms with Gasteiger partial charge in [-0.25, -0.2) is 15.0 Å². The molecule has 0 spiro atoms. The lowest BCUT2D eigenvalue weighted by Crippen LogP contribution is -2.09. The Morgan fingerprint density at radius 1 is 0.972 bits per heavy atom. The Morgan fingerprint density at radius 2 is 1.72 bits per heavy atom. The highest BCUT2D eigenvalue weighted by Crippen LogP contribution is 2.30. The van der Waals surface area contributed by atoms with Crippen molar-refractivity contribution in [3.05, 3.63) is 89.1 Å². The quantitative estimate of drug-likeness (QED) is 0.267. The minimum Gasteiger partial charge on any atom is -0.497 e. The summed E-state index contributed by atoms with van der Waals surface area (Å²) in [6.45, 7) is 0.967. The lowest BCUT2D eigenvalue weighted by Gasteiger charge is -2.10. The fraction of sp³-hybridized carbons (Fsp3) is 0.192. The summed E-state index contributed by atoms with van der Waals surface area (Å²) in [5.74, 6) is 1.99. The minimum absolute atomic E-state index is 0.334. The van der Waals surface area contributed by atoms with Crippen LogP contribution < -0.4 is 10.1 Å². The Labute approximate surface area is 209 Å². The highest BCUT2D eigenvalue weighted by atomic mass is 32.1. The van der Waals surface area contributed by atoms with E-state index in [4.69, 9.17) is 14.7 Å². The largest absolute Gasteiger partial charge is 0.497 e. The van der Waals surface area contributed by atoms with Gasteiger partial charge in [-0.15, -0.1) is 11.3 Å². The van der Waals surface area contributed by atoms with Gasteiger partial charge in [0.25, 0.3) is 0 Å². The third kappa shape index (κ3) is 5.18. The average Bonchev–Trinajstić information content (AvgIpc) is 3.55. The molecular formula is C26H22F3N5OS. The van der Waals surface area contributed by atoms with Crippen molar-refractivity contribution in [2.45, 2.75) is 19.1 Å². The third-order valence-corrected chi connectivity index (χ3v) is 6.57. The van der Waals surface area contributed by atoms with E-state index in [1.807, 2.05) is 46.3 Å². The number of fused-ring (bicyclic) bond motifs is 1. The number of rotatable bonds is 8. The van der Waals surface area contributed by atoms with Crippen LogP contribution in [0.2, 0.25) is 0 Å². The number of hydrogen-bond donors (Lipinski definition) is 1. The number of alkyl halides is 3. The van der Waals surface area contributed by atoms with E-state index >= 15 is 0 Å². The fourth-order valence-electron chi connectivity index (χ4n) is 3.81. The topological polar surface area (TPSA) is 64.9 Å². The molecule has 0 unspecified atom stereocenters. The summed E-state index contributed by atoms with van der Waals surface area (Å²) in [6, 6.07) is 16.9. The van der Waals surface area contributed by atoms with E-state index in [9.17, 15) is 13.2 Å². The molecule has 0 amide bonds. The van der Waals surface area contributed by atoms with Crippen molar-refractivity contribution in [2.24, 2.45) is 0 Å². The molecule has 5 rings (SSSR count). The van der Waals surface area contributed by atoms with Gasteiger partial charge in [-0.1, -0.05) is 30.3 Å². The summed E-state index contributed by atoms with van der Waals surface area (Å²) in [4.78, 5) is 14.9. The second-order valence-corrected chi connectivity index (χ2v) is 9.09. The molecule has 36 heavy (non-hydrogen) atoms. The van der Waals surface area contributed by atoms with Crippen molar-refractivity contribution < 1.29 is 17.9 Å². The van der Waals surface area contributed by atoms with Crippen LogP contribution in [0.3, 0.4) is 0 Å². The second-order valence-electron chi connectivity index (χ2n) is 8.14. The summed E-state index contributed by atoms with van der Waals surface area (Å²) in [5.41, 5.74) is 2.41. The molecule has 0 fully saturated rings. The van der Waals surface area contributed by atoms with Crippen molar-refractivity contribution in [3.8, 4) is 16.5 Å². The first kappa shape index (κ1) is 23.8. The van der Waals surface area contributed by atoms with Crippen LogP contribution in [0.5, 0.6) is 5.75 Å². The number of aromatic nitrogens is 4. The molecule has 0 radical (unpaired) electrons. The number of methoxy groups -OCH3 is 1. The molecule has 5 aromatic rings. The molecule has 0 aliphatic carbocycles. The number of nitrogens with one attached hydrogen (secondary N) is 1. The Bertz CT molecular complexity index is 1450. The zero-order chi connectivity index (χ0) is 25.1. The molecular weight excluding hydrogens is 487 g/mol. The Balaban J connectivity index is 1.42. The fourth-order valence-corrected chi connectivity index (χ4v) is 4.47. The maximum atomic E-state index is 12.9. The first-order chi connectivity index (χ1) is 17.4. The highest BCUT2D eigenvalue weighted by Gasteiger charge is 2.30.